The minimum Gasteiger partial charge on any atom is -0.394 e. The van der Waals surface area contributed by atoms with Crippen LogP contribution in [-0.2, 0) is 6.18 Å². The highest BCUT2D eigenvalue weighted by Crippen LogP contribution is 2.36. The van der Waals surface area contributed by atoms with E-state index in [1.54, 1.807) is 19.1 Å². The summed E-state index contributed by atoms with van der Waals surface area (Å²) in [7, 11) is 0. The standard InChI is InChI=1S/C25H30F3N9O2/c1-14(13-38)33-18-6-5-15(25(26,27)28)19(35-18)16-12-32-21(29)20(34-16)23(39)36-22-17(4-3-9-31-22)37-10-7-24(2,30)8-11-37/h3-6,9,12,14,38H,7-8,10-11,13,30H2,1-2H3,(H2,29,32)(H,33,35)(H,31,36,39). The second kappa shape index (κ2) is 11.0. The number of amides is 1. The van der Waals surface area contributed by atoms with E-state index in [0.29, 0.717) is 18.8 Å². The predicted molar refractivity (Wildman–Crippen MR) is 141 cm³/mol. The van der Waals surface area contributed by atoms with E-state index < -0.39 is 29.4 Å². The summed E-state index contributed by atoms with van der Waals surface area (Å²) in [6.07, 6.45) is -0.740. The summed E-state index contributed by atoms with van der Waals surface area (Å²) < 4.78 is 41.4. The van der Waals surface area contributed by atoms with Gasteiger partial charge in [0.05, 0.1) is 24.1 Å². The number of rotatable bonds is 7. The fraction of sp³-hybridized carbons (Fsp3) is 0.400. The molecule has 1 unspecified atom stereocenters. The molecule has 39 heavy (non-hydrogen) atoms. The number of nitrogens with zero attached hydrogens (tertiary/aromatic N) is 5. The Kier molecular flexibility index (Phi) is 7.88. The summed E-state index contributed by atoms with van der Waals surface area (Å²) in [5.74, 6) is -0.744. The van der Waals surface area contributed by atoms with Gasteiger partial charge in [-0.3, -0.25) is 4.79 Å². The van der Waals surface area contributed by atoms with Crippen molar-refractivity contribution < 1.29 is 23.1 Å². The van der Waals surface area contributed by atoms with E-state index in [-0.39, 0.29) is 41.0 Å². The maximum Gasteiger partial charge on any atom is 0.418 e. The molecule has 1 amide bonds. The normalized spacial score (nSPS) is 16.0. The largest absolute Gasteiger partial charge is 0.418 e. The molecule has 4 heterocycles. The molecule has 11 nitrogen and oxygen atoms in total. The Bertz CT molecular complexity index is 1340. The Labute approximate surface area is 222 Å². The van der Waals surface area contributed by atoms with Crippen LogP contribution in [0.5, 0.6) is 0 Å². The van der Waals surface area contributed by atoms with Gasteiger partial charge in [0.2, 0.25) is 0 Å². The molecule has 0 spiro atoms. The number of nitrogens with two attached hydrogens (primary N) is 2. The first-order chi connectivity index (χ1) is 18.4. The minimum atomic E-state index is -4.76. The van der Waals surface area contributed by atoms with Crippen LogP contribution < -0.4 is 27.0 Å². The van der Waals surface area contributed by atoms with Gasteiger partial charge in [0.25, 0.3) is 5.91 Å². The summed E-state index contributed by atoms with van der Waals surface area (Å²) >= 11 is 0. The smallest absolute Gasteiger partial charge is 0.394 e. The van der Waals surface area contributed by atoms with Crippen LogP contribution in [0.1, 0.15) is 42.7 Å². The second-order valence-electron chi connectivity index (χ2n) is 9.77. The van der Waals surface area contributed by atoms with Crippen LogP contribution in [-0.4, -0.2) is 62.2 Å². The van der Waals surface area contributed by atoms with Gasteiger partial charge in [0.15, 0.2) is 17.3 Å². The number of piperidine rings is 1. The van der Waals surface area contributed by atoms with E-state index in [2.05, 4.69) is 30.6 Å². The van der Waals surface area contributed by atoms with Crippen LogP contribution in [0.2, 0.25) is 0 Å². The van der Waals surface area contributed by atoms with Crippen LogP contribution >= 0.6 is 0 Å². The van der Waals surface area contributed by atoms with Gasteiger partial charge in [-0.05, 0) is 51.0 Å². The molecule has 14 heteroatoms. The molecule has 1 aliphatic heterocycles. The summed E-state index contributed by atoms with van der Waals surface area (Å²) in [4.78, 5) is 31.6. The third kappa shape index (κ3) is 6.52. The Morgan fingerprint density at radius 3 is 2.59 bits per heavy atom. The van der Waals surface area contributed by atoms with E-state index >= 15 is 0 Å². The van der Waals surface area contributed by atoms with Crippen molar-refractivity contribution in [2.75, 3.05) is 41.0 Å². The van der Waals surface area contributed by atoms with Crippen LogP contribution in [0, 0.1) is 0 Å². The van der Waals surface area contributed by atoms with Crippen molar-refractivity contribution >= 4 is 29.0 Å². The molecule has 1 atom stereocenters. The van der Waals surface area contributed by atoms with Crippen LogP contribution in [0.25, 0.3) is 11.4 Å². The number of aromatic nitrogens is 4. The first-order valence-electron chi connectivity index (χ1n) is 12.3. The number of aliphatic hydroxyl groups is 1. The first-order valence-corrected chi connectivity index (χ1v) is 12.3. The van der Waals surface area contributed by atoms with Gasteiger partial charge in [-0.1, -0.05) is 0 Å². The first kappa shape index (κ1) is 28.0. The zero-order chi connectivity index (χ0) is 28.4. The number of alkyl halides is 3. The third-order valence-electron chi connectivity index (χ3n) is 6.39. The maximum atomic E-state index is 13.8. The van der Waals surface area contributed by atoms with Gasteiger partial charge in [-0.25, -0.2) is 19.9 Å². The number of pyridine rings is 2. The van der Waals surface area contributed by atoms with Crippen molar-refractivity contribution in [3.63, 3.8) is 0 Å². The lowest BCUT2D eigenvalue weighted by molar-refractivity contribution is -0.137. The second-order valence-corrected chi connectivity index (χ2v) is 9.77. The third-order valence-corrected chi connectivity index (χ3v) is 6.39. The average Bonchev–Trinajstić information content (AvgIpc) is 2.88. The number of nitrogen functional groups attached to an aromatic ring is 1. The van der Waals surface area contributed by atoms with Gasteiger partial charge in [0, 0.05) is 30.9 Å². The molecule has 4 rings (SSSR count). The van der Waals surface area contributed by atoms with Crippen LogP contribution in [0.4, 0.5) is 36.3 Å². The number of halogens is 3. The van der Waals surface area contributed by atoms with Crippen molar-refractivity contribution in [3.8, 4) is 11.4 Å². The van der Waals surface area contributed by atoms with Crippen molar-refractivity contribution in [1.82, 2.24) is 19.9 Å². The molecular weight excluding hydrogens is 515 g/mol. The molecule has 3 aromatic rings. The van der Waals surface area contributed by atoms with Crippen LogP contribution in [0.15, 0.2) is 36.7 Å². The highest BCUT2D eigenvalue weighted by atomic mass is 19.4. The Hall–Kier alpha value is -4.04. The fourth-order valence-electron chi connectivity index (χ4n) is 4.11. The number of aliphatic hydroxyl groups excluding tert-OH is 1. The van der Waals surface area contributed by atoms with Crippen molar-refractivity contribution in [2.24, 2.45) is 5.73 Å². The minimum absolute atomic E-state index is 0.0809. The number of anilines is 4. The van der Waals surface area contributed by atoms with Gasteiger partial charge in [-0.2, -0.15) is 13.2 Å². The fourth-order valence-corrected chi connectivity index (χ4v) is 4.11. The van der Waals surface area contributed by atoms with E-state index in [0.717, 1.165) is 31.2 Å². The summed E-state index contributed by atoms with van der Waals surface area (Å²) in [5, 5.41) is 14.7. The van der Waals surface area contributed by atoms with Gasteiger partial charge in [0.1, 0.15) is 17.2 Å². The van der Waals surface area contributed by atoms with E-state index in [4.69, 9.17) is 11.5 Å². The molecular formula is C25H30F3N9O2. The lowest BCUT2D eigenvalue weighted by Gasteiger charge is -2.38. The predicted octanol–water partition coefficient (Wildman–Crippen LogP) is 2.90. The lowest BCUT2D eigenvalue weighted by Crippen LogP contribution is -2.48. The summed E-state index contributed by atoms with van der Waals surface area (Å²) in [6.45, 7) is 4.68. The highest BCUT2D eigenvalue weighted by Gasteiger charge is 2.36. The summed E-state index contributed by atoms with van der Waals surface area (Å²) in [6, 6.07) is 5.06. The van der Waals surface area contributed by atoms with E-state index in [1.165, 1.54) is 6.20 Å². The van der Waals surface area contributed by atoms with Gasteiger partial charge >= 0.3 is 6.18 Å². The SMILES string of the molecule is CC(CO)Nc1ccc(C(F)(F)F)c(-c2cnc(N)c(C(=O)Nc3ncccc3N3CCC(C)(N)CC3)n2)n1. The molecule has 1 aliphatic rings. The van der Waals surface area contributed by atoms with E-state index in [9.17, 15) is 23.1 Å². The number of carbonyl (C=O) groups excluding carboxylic acids is 1. The number of hydrogen-bond donors (Lipinski definition) is 5. The van der Waals surface area contributed by atoms with Crippen LogP contribution in [0.3, 0.4) is 0 Å². The lowest BCUT2D eigenvalue weighted by atomic mass is 9.91. The molecule has 3 aromatic heterocycles. The molecule has 1 fully saturated rings. The molecule has 1 saturated heterocycles. The number of carbonyl (C=O) groups is 1. The van der Waals surface area contributed by atoms with Gasteiger partial charge < -0.3 is 32.1 Å². The van der Waals surface area contributed by atoms with Gasteiger partial charge in [-0.15, -0.1) is 0 Å². The van der Waals surface area contributed by atoms with Crippen molar-refractivity contribution in [3.05, 3.63) is 47.9 Å². The van der Waals surface area contributed by atoms with E-state index in [1.807, 2.05) is 11.8 Å². The van der Waals surface area contributed by atoms with Crippen molar-refractivity contribution in [2.45, 2.75) is 44.4 Å². The maximum absolute atomic E-state index is 13.8. The number of nitrogens with one attached hydrogen (secondary N) is 2. The zero-order valence-electron chi connectivity index (χ0n) is 21.5. The quantitative estimate of drug-likeness (QED) is 0.298. The molecule has 7 N–H and O–H groups in total. The average molecular weight is 546 g/mol. The Balaban J connectivity index is 1.66. The molecule has 208 valence electrons. The number of hydrogen-bond acceptors (Lipinski definition) is 10. The monoisotopic (exact) mass is 545 g/mol. The Morgan fingerprint density at radius 1 is 1.21 bits per heavy atom. The molecule has 0 radical (unpaired) electrons. The molecule has 0 aromatic carbocycles. The summed E-state index contributed by atoms with van der Waals surface area (Å²) in [5.41, 5.74) is 10.2. The Morgan fingerprint density at radius 2 is 1.92 bits per heavy atom. The molecule has 0 bridgehead atoms. The zero-order valence-corrected chi connectivity index (χ0v) is 21.5. The van der Waals surface area contributed by atoms with Crippen molar-refractivity contribution in [1.29, 1.82) is 0 Å². The molecule has 0 aliphatic carbocycles. The topological polar surface area (TPSA) is 168 Å². The highest BCUT2D eigenvalue weighted by molar-refractivity contribution is 6.06. The molecule has 0 saturated carbocycles.